The third-order valence-electron chi connectivity index (χ3n) is 16.3. The first-order chi connectivity index (χ1) is 43.1. The van der Waals surface area contributed by atoms with Crippen LogP contribution in [0.5, 0.6) is 0 Å². The number of unbranched alkanes of at least 4 members (excludes halogenated alkanes) is 34. The van der Waals surface area contributed by atoms with Crippen molar-refractivity contribution in [3.05, 3.63) is 0 Å². The Morgan fingerprint density at radius 2 is 0.467 bits per heavy atom. The summed E-state index contributed by atoms with van der Waals surface area (Å²) in [6.45, 7) is 14.1. The summed E-state index contributed by atoms with van der Waals surface area (Å²) in [4.78, 5) is 72.6. The van der Waals surface area contributed by atoms with E-state index in [4.69, 9.17) is 37.0 Å². The van der Waals surface area contributed by atoms with E-state index in [-0.39, 0.29) is 25.7 Å². The molecule has 5 atom stereocenters. The van der Waals surface area contributed by atoms with Crippen molar-refractivity contribution in [3.8, 4) is 0 Å². The maximum absolute atomic E-state index is 13.0. The third-order valence-corrected chi connectivity index (χ3v) is 18.2. The molecule has 0 heterocycles. The van der Waals surface area contributed by atoms with Gasteiger partial charge in [0.1, 0.15) is 19.3 Å². The molecule has 534 valence electrons. The van der Waals surface area contributed by atoms with E-state index in [0.29, 0.717) is 25.7 Å². The molecule has 17 nitrogen and oxygen atoms in total. The van der Waals surface area contributed by atoms with Crippen LogP contribution in [0.15, 0.2) is 0 Å². The van der Waals surface area contributed by atoms with Crippen LogP contribution in [0.1, 0.15) is 351 Å². The van der Waals surface area contributed by atoms with Crippen LogP contribution in [-0.4, -0.2) is 96.7 Å². The van der Waals surface area contributed by atoms with Crippen LogP contribution < -0.4 is 0 Å². The number of aliphatic hydroxyl groups excluding tert-OH is 1. The lowest BCUT2D eigenvalue weighted by molar-refractivity contribution is -0.161. The number of phosphoric acid groups is 2. The van der Waals surface area contributed by atoms with E-state index < -0.39 is 97.5 Å². The van der Waals surface area contributed by atoms with Gasteiger partial charge in [-0.15, -0.1) is 0 Å². The van der Waals surface area contributed by atoms with E-state index in [1.54, 1.807) is 0 Å². The first-order valence-corrected chi connectivity index (χ1v) is 39.7. The monoisotopic (exact) mass is 1320 g/mol. The number of rotatable bonds is 68. The number of carbonyl (C=O) groups excluding carboxylic acids is 4. The molecular weight excluding hydrogens is 1190 g/mol. The molecule has 0 aromatic carbocycles. The Morgan fingerprint density at radius 1 is 0.278 bits per heavy atom. The quantitative estimate of drug-likeness (QED) is 0.0222. The van der Waals surface area contributed by atoms with Crippen molar-refractivity contribution in [2.45, 2.75) is 369 Å². The molecule has 3 unspecified atom stereocenters. The predicted molar refractivity (Wildman–Crippen MR) is 363 cm³/mol. The third kappa shape index (κ3) is 64.8. The van der Waals surface area contributed by atoms with E-state index in [1.165, 1.54) is 154 Å². The lowest BCUT2D eigenvalue weighted by Gasteiger charge is -2.21. The first kappa shape index (κ1) is 88.1. The summed E-state index contributed by atoms with van der Waals surface area (Å²) in [5.74, 6) is 0.858. The fraction of sp³-hybridized carbons (Fsp3) is 0.944. The molecule has 0 bridgehead atoms. The predicted octanol–water partition coefficient (Wildman–Crippen LogP) is 20.1. The Balaban J connectivity index is 5.26. The van der Waals surface area contributed by atoms with Gasteiger partial charge in [-0.05, 0) is 49.4 Å². The van der Waals surface area contributed by atoms with E-state index in [9.17, 15) is 43.2 Å². The van der Waals surface area contributed by atoms with Gasteiger partial charge in [-0.3, -0.25) is 37.3 Å². The van der Waals surface area contributed by atoms with E-state index >= 15 is 0 Å². The molecule has 0 aromatic rings. The standard InChI is InChI=1S/C71H138O17P2/c1-61(2)47-39-31-23-15-10-9-11-18-27-35-43-51-68(73)81-57-66(88-71(76)54-46-38-30-20-14-17-25-33-41-49-63(5)6)59-85-89(77,78)83-55-65(72)56-84-90(79,80)86-60-67(58-82-69(74)52-44-36-28-22-21-26-34-42-50-64(7)8)87-70(75)53-45-37-29-19-13-12-16-24-32-40-48-62(3)4/h61-67,72H,9-60H2,1-8H3,(H,77,78)(H,79,80)/t65?,66-,67-/m1/s1. The Morgan fingerprint density at radius 3 is 0.689 bits per heavy atom. The fourth-order valence-electron chi connectivity index (χ4n) is 10.7. The van der Waals surface area contributed by atoms with Crippen molar-refractivity contribution in [1.82, 2.24) is 0 Å². The molecule has 0 saturated heterocycles. The molecule has 0 amide bonds. The average molecular weight is 1330 g/mol. The molecule has 19 heteroatoms. The van der Waals surface area contributed by atoms with Gasteiger partial charge >= 0.3 is 39.5 Å². The van der Waals surface area contributed by atoms with Crippen molar-refractivity contribution in [2.24, 2.45) is 23.7 Å². The average Bonchev–Trinajstić information content (AvgIpc) is 2.83. The van der Waals surface area contributed by atoms with Crippen LogP contribution in [-0.2, 0) is 65.4 Å². The summed E-state index contributed by atoms with van der Waals surface area (Å²) >= 11 is 0. The van der Waals surface area contributed by atoms with Crippen LogP contribution in [0.4, 0.5) is 0 Å². The van der Waals surface area contributed by atoms with Crippen molar-refractivity contribution in [3.63, 3.8) is 0 Å². The summed E-state index contributed by atoms with van der Waals surface area (Å²) in [6.07, 6.45) is 43.0. The first-order valence-electron chi connectivity index (χ1n) is 36.7. The fourth-order valence-corrected chi connectivity index (χ4v) is 12.2. The summed E-state index contributed by atoms with van der Waals surface area (Å²) in [5, 5.41) is 10.6. The van der Waals surface area contributed by atoms with Gasteiger partial charge in [-0.2, -0.15) is 0 Å². The van der Waals surface area contributed by atoms with Gasteiger partial charge in [0.25, 0.3) is 0 Å². The molecule has 90 heavy (non-hydrogen) atoms. The highest BCUT2D eigenvalue weighted by Gasteiger charge is 2.30. The van der Waals surface area contributed by atoms with Gasteiger partial charge in [0.15, 0.2) is 12.2 Å². The zero-order chi connectivity index (χ0) is 66.8. The number of aliphatic hydroxyl groups is 1. The van der Waals surface area contributed by atoms with Crippen LogP contribution in [0.25, 0.3) is 0 Å². The molecular formula is C71H138O17P2. The van der Waals surface area contributed by atoms with Crippen LogP contribution in [0, 0.1) is 23.7 Å². The number of phosphoric ester groups is 2. The summed E-state index contributed by atoms with van der Waals surface area (Å²) in [5.41, 5.74) is 0. The van der Waals surface area contributed by atoms with Crippen molar-refractivity contribution in [1.29, 1.82) is 0 Å². The second-order valence-corrected chi connectivity index (χ2v) is 30.4. The van der Waals surface area contributed by atoms with Gasteiger partial charge in [-0.25, -0.2) is 9.13 Å². The smallest absolute Gasteiger partial charge is 0.462 e. The van der Waals surface area contributed by atoms with Gasteiger partial charge in [0.2, 0.25) is 0 Å². The molecule has 0 aromatic heterocycles. The largest absolute Gasteiger partial charge is 0.472 e. The van der Waals surface area contributed by atoms with Crippen LogP contribution >= 0.6 is 15.6 Å². The number of esters is 4. The Labute approximate surface area is 549 Å². The number of hydrogen-bond acceptors (Lipinski definition) is 15. The molecule has 0 spiro atoms. The summed E-state index contributed by atoms with van der Waals surface area (Å²) in [6, 6.07) is 0. The van der Waals surface area contributed by atoms with Crippen molar-refractivity contribution < 1.29 is 80.2 Å². The maximum Gasteiger partial charge on any atom is 0.472 e. The van der Waals surface area contributed by atoms with E-state index in [0.717, 1.165) is 114 Å². The molecule has 0 saturated carbocycles. The molecule has 0 rings (SSSR count). The molecule has 0 fully saturated rings. The maximum atomic E-state index is 13.0. The SMILES string of the molecule is CC(C)CCCCCCCCCCCCCC(=O)OC[C@H](COP(=O)(O)OCC(O)COP(=O)(O)OC[C@@H](COC(=O)CCCCCCCCCCC(C)C)OC(=O)CCCCCCCCCCCCC(C)C)OC(=O)CCCCCCCCCCCC(C)C. The van der Waals surface area contributed by atoms with Crippen molar-refractivity contribution >= 4 is 39.5 Å². The Kier molecular flexibility index (Phi) is 59.4. The molecule has 0 radical (unpaired) electrons. The number of hydrogen-bond donors (Lipinski definition) is 3. The highest BCUT2D eigenvalue weighted by Crippen LogP contribution is 2.45. The van der Waals surface area contributed by atoms with Gasteiger partial charge in [0, 0.05) is 25.7 Å². The molecule has 0 aliphatic carbocycles. The zero-order valence-electron chi connectivity index (χ0n) is 58.8. The minimum atomic E-state index is -4.95. The summed E-state index contributed by atoms with van der Waals surface area (Å²) in [7, 11) is -9.90. The topological polar surface area (TPSA) is 237 Å². The van der Waals surface area contributed by atoms with Gasteiger partial charge < -0.3 is 33.8 Å². The molecule has 0 aliphatic rings. The second-order valence-electron chi connectivity index (χ2n) is 27.5. The van der Waals surface area contributed by atoms with Crippen LogP contribution in [0.3, 0.4) is 0 Å². The minimum absolute atomic E-state index is 0.105. The van der Waals surface area contributed by atoms with E-state index in [2.05, 4.69) is 55.4 Å². The van der Waals surface area contributed by atoms with Crippen molar-refractivity contribution in [2.75, 3.05) is 39.6 Å². The second kappa shape index (κ2) is 60.7. The van der Waals surface area contributed by atoms with Gasteiger partial charge in [-0.1, -0.05) is 299 Å². The normalized spacial score (nSPS) is 14.3. The Bertz CT molecular complexity index is 1780. The molecule has 3 N–H and O–H groups in total. The number of ether oxygens (including phenoxy) is 4. The number of carbonyl (C=O) groups is 4. The molecule has 0 aliphatic heterocycles. The van der Waals surface area contributed by atoms with Gasteiger partial charge in [0.05, 0.1) is 26.4 Å². The summed E-state index contributed by atoms with van der Waals surface area (Å²) < 4.78 is 68.3. The lowest BCUT2D eigenvalue weighted by atomic mass is 10.0. The van der Waals surface area contributed by atoms with Crippen LogP contribution in [0.2, 0.25) is 0 Å². The zero-order valence-corrected chi connectivity index (χ0v) is 60.6. The minimum Gasteiger partial charge on any atom is -0.462 e. The lowest BCUT2D eigenvalue weighted by Crippen LogP contribution is -2.30. The highest BCUT2D eigenvalue weighted by atomic mass is 31.2. The highest BCUT2D eigenvalue weighted by molar-refractivity contribution is 7.47. The Hall–Kier alpha value is -1.94. The van der Waals surface area contributed by atoms with E-state index in [1.807, 2.05) is 0 Å².